The average Bonchev–Trinajstić information content (AvgIpc) is 3.54. The van der Waals surface area contributed by atoms with Gasteiger partial charge in [-0.15, -0.1) is 34.2 Å². The molecule has 3 aromatic rings. The molecular weight excluding hydrogens is 523 g/mol. The molecule has 32 heavy (non-hydrogen) atoms. The van der Waals surface area contributed by atoms with E-state index in [4.69, 9.17) is 13.9 Å². The van der Waals surface area contributed by atoms with Crippen LogP contribution in [-0.2, 0) is 26.1 Å². The molecule has 1 saturated heterocycles. The monoisotopic (exact) mass is 554 g/mol. The molecule has 0 radical (unpaired) electrons. The first kappa shape index (κ1) is 24.2. The Bertz CT molecular complexity index is 960. The summed E-state index contributed by atoms with van der Waals surface area (Å²) in [5.74, 6) is 3.60. The Balaban J connectivity index is 0.00000289. The summed E-state index contributed by atoms with van der Waals surface area (Å²) in [6, 6.07) is 5.84. The van der Waals surface area contributed by atoms with E-state index in [-0.39, 0.29) is 24.0 Å². The van der Waals surface area contributed by atoms with Gasteiger partial charge in [0, 0.05) is 58.3 Å². The third-order valence-electron chi connectivity index (χ3n) is 5.35. The van der Waals surface area contributed by atoms with Gasteiger partial charge in [0.25, 0.3) is 0 Å². The maximum absolute atomic E-state index is 5.45. The lowest BCUT2D eigenvalue weighted by Crippen LogP contribution is -2.52. The fourth-order valence-corrected chi connectivity index (χ4v) is 3.69. The quantitative estimate of drug-likeness (QED) is 0.257. The van der Waals surface area contributed by atoms with E-state index in [0.717, 1.165) is 81.2 Å². The molecule has 174 valence electrons. The molecule has 10 nitrogen and oxygen atoms in total. The summed E-state index contributed by atoms with van der Waals surface area (Å²) in [7, 11) is 0. The van der Waals surface area contributed by atoms with Gasteiger partial charge in [-0.1, -0.05) is 12.1 Å². The van der Waals surface area contributed by atoms with E-state index in [1.807, 2.05) is 25.1 Å². The van der Waals surface area contributed by atoms with Crippen LogP contribution < -0.4 is 5.32 Å². The van der Waals surface area contributed by atoms with Crippen LogP contribution in [0.25, 0.3) is 0 Å². The van der Waals surface area contributed by atoms with Gasteiger partial charge in [-0.3, -0.25) is 4.90 Å². The van der Waals surface area contributed by atoms with Crippen molar-refractivity contribution in [3.05, 3.63) is 53.8 Å². The van der Waals surface area contributed by atoms with Crippen LogP contribution in [0.3, 0.4) is 0 Å². The second-order valence-corrected chi connectivity index (χ2v) is 7.63. The molecule has 0 bridgehead atoms. The van der Waals surface area contributed by atoms with Crippen LogP contribution in [0, 0.1) is 6.92 Å². The first-order valence-electron chi connectivity index (χ1n) is 10.8. The highest BCUT2D eigenvalue weighted by molar-refractivity contribution is 14.0. The molecule has 0 atom stereocenters. The number of hydrogen-bond donors (Lipinski definition) is 1. The van der Waals surface area contributed by atoms with Crippen LogP contribution in [0.5, 0.6) is 0 Å². The predicted molar refractivity (Wildman–Crippen MR) is 131 cm³/mol. The summed E-state index contributed by atoms with van der Waals surface area (Å²) in [5, 5.41) is 15.8. The fraction of sp³-hybridized carbons (Fsp3) is 0.524. The van der Waals surface area contributed by atoms with Crippen molar-refractivity contribution in [2.45, 2.75) is 39.9 Å². The molecule has 0 unspecified atom stereocenters. The lowest BCUT2D eigenvalue weighted by Gasteiger charge is -2.36. The van der Waals surface area contributed by atoms with E-state index in [1.54, 1.807) is 12.6 Å². The maximum Gasteiger partial charge on any atom is 0.194 e. The molecular formula is C21H31IN8O2. The van der Waals surface area contributed by atoms with Crippen molar-refractivity contribution in [2.24, 2.45) is 4.99 Å². The Kier molecular flexibility index (Phi) is 9.09. The molecule has 0 amide bonds. The zero-order valence-electron chi connectivity index (χ0n) is 18.6. The molecule has 0 aromatic carbocycles. The van der Waals surface area contributed by atoms with Crippen LogP contribution in [0.1, 0.15) is 30.0 Å². The second-order valence-electron chi connectivity index (χ2n) is 7.63. The third kappa shape index (κ3) is 6.55. The lowest BCUT2D eigenvalue weighted by molar-refractivity contribution is 0.168. The van der Waals surface area contributed by atoms with E-state index in [9.17, 15) is 0 Å². The zero-order valence-corrected chi connectivity index (χ0v) is 20.9. The highest BCUT2D eigenvalue weighted by Gasteiger charge is 2.21. The minimum absolute atomic E-state index is 0. The summed E-state index contributed by atoms with van der Waals surface area (Å²) in [5.41, 5.74) is 0.983. The number of rotatable bonds is 8. The smallest absolute Gasteiger partial charge is 0.194 e. The number of guanidine groups is 1. The summed E-state index contributed by atoms with van der Waals surface area (Å²) >= 11 is 0. The van der Waals surface area contributed by atoms with Gasteiger partial charge in [-0.25, -0.2) is 4.99 Å². The number of nitrogens with zero attached hydrogens (tertiary/aromatic N) is 7. The molecule has 1 fully saturated rings. The standard InChI is InChI=1S/C21H30N8O2.HI/c1-3-20-25-24-16-29(20)7-6-22-21(23-14-19-5-4-12-30-19)28-10-8-27(9-11-28)15-18-13-17(2)31-26-18;/h4-5,12-13,16H,3,6-11,14-15H2,1-2H3,(H,22,23);1H. The summed E-state index contributed by atoms with van der Waals surface area (Å²) in [4.78, 5) is 9.51. The Labute approximate surface area is 205 Å². The van der Waals surface area contributed by atoms with Crippen molar-refractivity contribution in [1.29, 1.82) is 0 Å². The van der Waals surface area contributed by atoms with Crippen LogP contribution in [-0.4, -0.2) is 68.4 Å². The first-order valence-corrected chi connectivity index (χ1v) is 10.8. The number of aliphatic imine (C=N–C) groups is 1. The number of hydrogen-bond acceptors (Lipinski definition) is 7. The van der Waals surface area contributed by atoms with Gasteiger partial charge in [-0.2, -0.15) is 0 Å². The highest BCUT2D eigenvalue weighted by atomic mass is 127. The predicted octanol–water partition coefficient (Wildman–Crippen LogP) is 2.31. The number of aryl methyl sites for hydroxylation is 2. The van der Waals surface area contributed by atoms with Gasteiger partial charge in [0.1, 0.15) is 30.2 Å². The minimum Gasteiger partial charge on any atom is -0.467 e. The Morgan fingerprint density at radius 3 is 2.78 bits per heavy atom. The molecule has 0 saturated carbocycles. The van der Waals surface area contributed by atoms with Gasteiger partial charge >= 0.3 is 0 Å². The molecule has 1 N–H and O–H groups in total. The van der Waals surface area contributed by atoms with Gasteiger partial charge < -0.3 is 23.7 Å². The molecule has 0 aliphatic carbocycles. The zero-order chi connectivity index (χ0) is 21.5. The molecule has 0 spiro atoms. The SMILES string of the molecule is CCc1nncn1CCNC(=NCc1ccco1)N1CCN(Cc2cc(C)on2)CC1.I. The van der Waals surface area contributed by atoms with Crippen molar-refractivity contribution < 1.29 is 8.94 Å². The number of nitrogens with one attached hydrogen (secondary N) is 1. The number of aromatic nitrogens is 4. The summed E-state index contributed by atoms with van der Waals surface area (Å²) in [6.45, 7) is 10.6. The first-order chi connectivity index (χ1) is 15.2. The average molecular weight is 554 g/mol. The molecule has 1 aliphatic rings. The van der Waals surface area contributed by atoms with E-state index in [0.29, 0.717) is 6.54 Å². The van der Waals surface area contributed by atoms with Crippen LogP contribution in [0.15, 0.2) is 44.7 Å². The van der Waals surface area contributed by atoms with E-state index < -0.39 is 0 Å². The molecule has 4 heterocycles. The normalized spacial score (nSPS) is 15.1. The van der Waals surface area contributed by atoms with Crippen LogP contribution in [0.2, 0.25) is 0 Å². The molecule has 4 rings (SSSR count). The van der Waals surface area contributed by atoms with E-state index in [1.165, 1.54) is 0 Å². The summed E-state index contributed by atoms with van der Waals surface area (Å²) in [6.07, 6.45) is 4.33. The van der Waals surface area contributed by atoms with Gasteiger partial charge in [0.15, 0.2) is 5.96 Å². The maximum atomic E-state index is 5.45. The van der Waals surface area contributed by atoms with E-state index in [2.05, 4.69) is 42.0 Å². The number of furan rings is 1. The number of piperazine rings is 1. The lowest BCUT2D eigenvalue weighted by atomic mass is 10.3. The van der Waals surface area contributed by atoms with Gasteiger partial charge in [0.05, 0.1) is 12.0 Å². The molecule has 11 heteroatoms. The third-order valence-corrected chi connectivity index (χ3v) is 5.35. The Hall–Kier alpha value is -2.41. The van der Waals surface area contributed by atoms with Crippen molar-refractivity contribution in [3.8, 4) is 0 Å². The Morgan fingerprint density at radius 1 is 1.25 bits per heavy atom. The highest BCUT2D eigenvalue weighted by Crippen LogP contribution is 2.10. The topological polar surface area (TPSA) is 101 Å². The van der Waals surface area contributed by atoms with Gasteiger partial charge in [0.2, 0.25) is 0 Å². The van der Waals surface area contributed by atoms with Crippen LogP contribution >= 0.6 is 24.0 Å². The van der Waals surface area contributed by atoms with Crippen LogP contribution in [0.4, 0.5) is 0 Å². The molecule has 1 aliphatic heterocycles. The van der Waals surface area contributed by atoms with Crippen molar-refractivity contribution in [2.75, 3.05) is 32.7 Å². The van der Waals surface area contributed by atoms with E-state index >= 15 is 0 Å². The number of halogens is 1. The van der Waals surface area contributed by atoms with Crippen molar-refractivity contribution >= 4 is 29.9 Å². The largest absolute Gasteiger partial charge is 0.467 e. The fourth-order valence-electron chi connectivity index (χ4n) is 3.69. The second kappa shape index (κ2) is 12.0. The summed E-state index contributed by atoms with van der Waals surface area (Å²) < 4.78 is 12.7. The van der Waals surface area contributed by atoms with Crippen molar-refractivity contribution in [3.63, 3.8) is 0 Å². The molecule has 3 aromatic heterocycles. The minimum atomic E-state index is 0. The van der Waals surface area contributed by atoms with Gasteiger partial charge in [-0.05, 0) is 19.1 Å². The Morgan fingerprint density at radius 2 is 2.09 bits per heavy atom. The van der Waals surface area contributed by atoms with Crippen molar-refractivity contribution in [1.82, 2.24) is 35.0 Å².